The van der Waals surface area contributed by atoms with Gasteiger partial charge in [0, 0.05) is 17.2 Å². The number of hydrogen-bond acceptors (Lipinski definition) is 8. The van der Waals surface area contributed by atoms with Crippen molar-refractivity contribution in [1.82, 2.24) is 21.0 Å². The molecular weight excluding hydrogens is 408 g/mol. The average molecular weight is 428 g/mol. The van der Waals surface area contributed by atoms with Gasteiger partial charge in [-0.2, -0.15) is 4.98 Å². The second kappa shape index (κ2) is 9.79. The zero-order valence-corrected chi connectivity index (χ0v) is 17.4. The monoisotopic (exact) mass is 428 g/mol. The quantitative estimate of drug-likeness (QED) is 0.436. The number of carbonyl (C=O) groups excluding carboxylic acids is 2. The van der Waals surface area contributed by atoms with E-state index in [1.54, 1.807) is 6.07 Å². The van der Waals surface area contributed by atoms with Crippen LogP contribution in [0.15, 0.2) is 52.2 Å². The van der Waals surface area contributed by atoms with E-state index in [2.05, 4.69) is 21.0 Å². The van der Waals surface area contributed by atoms with Crippen molar-refractivity contribution in [2.24, 2.45) is 0 Å². The standard InChI is InChI=1S/C20H20N4O5S/c1-12-4-6-13(7-5-12)18-21-20(29-24-18)30-11-17(25)22-23-19(26)14-8-15(27-2)10-16(9-14)28-3/h4-10H,11H2,1-3H3,(H,22,25)(H,23,26). The molecule has 0 aliphatic rings. The Morgan fingerprint density at radius 1 is 1.03 bits per heavy atom. The number of nitrogens with zero attached hydrogens (tertiary/aromatic N) is 2. The zero-order chi connectivity index (χ0) is 21.5. The number of carbonyl (C=O) groups is 2. The maximum atomic E-state index is 12.3. The number of rotatable bonds is 7. The van der Waals surface area contributed by atoms with Crippen molar-refractivity contribution in [1.29, 1.82) is 0 Å². The normalized spacial score (nSPS) is 10.4. The molecule has 0 bridgehead atoms. The molecule has 3 aromatic rings. The Bertz CT molecular complexity index is 1010. The van der Waals surface area contributed by atoms with Crippen molar-refractivity contribution in [2.45, 2.75) is 12.1 Å². The van der Waals surface area contributed by atoms with Crippen molar-refractivity contribution in [3.8, 4) is 22.9 Å². The summed E-state index contributed by atoms with van der Waals surface area (Å²) in [5.74, 6) is 0.405. The lowest BCUT2D eigenvalue weighted by Gasteiger charge is -2.09. The van der Waals surface area contributed by atoms with Crippen molar-refractivity contribution in [3.63, 3.8) is 0 Å². The van der Waals surface area contributed by atoms with Crippen LogP contribution in [0.4, 0.5) is 0 Å². The molecule has 0 aliphatic carbocycles. The maximum absolute atomic E-state index is 12.3. The van der Waals surface area contributed by atoms with Gasteiger partial charge in [-0.3, -0.25) is 20.4 Å². The molecule has 0 saturated heterocycles. The van der Waals surface area contributed by atoms with Gasteiger partial charge < -0.3 is 14.0 Å². The van der Waals surface area contributed by atoms with Crippen LogP contribution in [-0.2, 0) is 4.79 Å². The van der Waals surface area contributed by atoms with Crippen LogP contribution in [0, 0.1) is 6.92 Å². The van der Waals surface area contributed by atoms with Crippen LogP contribution in [0.3, 0.4) is 0 Å². The zero-order valence-electron chi connectivity index (χ0n) is 16.6. The number of nitrogens with one attached hydrogen (secondary N) is 2. The lowest BCUT2D eigenvalue weighted by molar-refractivity contribution is -0.119. The van der Waals surface area contributed by atoms with Gasteiger partial charge in [0.2, 0.25) is 11.7 Å². The fraction of sp³-hybridized carbons (Fsp3) is 0.200. The van der Waals surface area contributed by atoms with Gasteiger partial charge in [0.1, 0.15) is 11.5 Å². The molecule has 0 aliphatic heterocycles. The molecule has 0 radical (unpaired) electrons. The van der Waals surface area contributed by atoms with Crippen LogP contribution in [0.2, 0.25) is 0 Å². The molecule has 156 valence electrons. The average Bonchev–Trinajstić information content (AvgIpc) is 3.25. The van der Waals surface area contributed by atoms with E-state index in [0.717, 1.165) is 22.9 Å². The Hall–Kier alpha value is -3.53. The molecule has 0 fully saturated rings. The van der Waals surface area contributed by atoms with Gasteiger partial charge in [-0.1, -0.05) is 46.7 Å². The molecule has 0 unspecified atom stereocenters. The number of hydrazine groups is 1. The second-order valence-corrected chi connectivity index (χ2v) is 7.07. The largest absolute Gasteiger partial charge is 0.497 e. The third-order valence-electron chi connectivity index (χ3n) is 3.97. The molecule has 10 heteroatoms. The predicted molar refractivity (Wildman–Crippen MR) is 110 cm³/mol. The van der Waals surface area contributed by atoms with Crippen LogP contribution in [0.1, 0.15) is 15.9 Å². The third-order valence-corrected chi connectivity index (χ3v) is 4.79. The Morgan fingerprint density at radius 2 is 1.70 bits per heavy atom. The van der Waals surface area contributed by atoms with Crippen LogP contribution in [-0.4, -0.2) is 41.9 Å². The van der Waals surface area contributed by atoms with Gasteiger partial charge in [-0.25, -0.2) is 0 Å². The molecule has 0 saturated carbocycles. The van der Waals surface area contributed by atoms with Crippen molar-refractivity contribution >= 4 is 23.6 Å². The highest BCUT2D eigenvalue weighted by Gasteiger charge is 2.13. The van der Waals surface area contributed by atoms with E-state index in [9.17, 15) is 9.59 Å². The molecule has 30 heavy (non-hydrogen) atoms. The van der Waals surface area contributed by atoms with E-state index >= 15 is 0 Å². The fourth-order valence-corrected chi connectivity index (χ4v) is 2.96. The summed E-state index contributed by atoms with van der Waals surface area (Å²) in [7, 11) is 2.97. The van der Waals surface area contributed by atoms with E-state index in [-0.39, 0.29) is 16.5 Å². The first-order valence-electron chi connectivity index (χ1n) is 8.84. The number of hydrogen-bond donors (Lipinski definition) is 2. The summed E-state index contributed by atoms with van der Waals surface area (Å²) >= 11 is 1.06. The Labute approximate surface area is 177 Å². The number of methoxy groups -OCH3 is 2. The summed E-state index contributed by atoms with van der Waals surface area (Å²) in [6.45, 7) is 1.99. The Morgan fingerprint density at radius 3 is 2.33 bits per heavy atom. The number of aryl methyl sites for hydroxylation is 1. The summed E-state index contributed by atoms with van der Waals surface area (Å²) in [6.07, 6.45) is 0. The van der Waals surface area contributed by atoms with Gasteiger partial charge in [0.05, 0.1) is 20.0 Å². The summed E-state index contributed by atoms with van der Waals surface area (Å²) in [6, 6.07) is 12.4. The van der Waals surface area contributed by atoms with Gasteiger partial charge in [0.25, 0.3) is 11.1 Å². The Balaban J connectivity index is 1.51. The summed E-state index contributed by atoms with van der Waals surface area (Å²) < 4.78 is 15.4. The van der Waals surface area contributed by atoms with E-state index < -0.39 is 11.8 Å². The molecule has 1 heterocycles. The van der Waals surface area contributed by atoms with E-state index in [0.29, 0.717) is 17.3 Å². The number of thioether (sulfide) groups is 1. The maximum Gasteiger partial charge on any atom is 0.286 e. The van der Waals surface area contributed by atoms with Crippen molar-refractivity contribution in [3.05, 3.63) is 53.6 Å². The molecule has 3 rings (SSSR count). The molecule has 2 aromatic carbocycles. The van der Waals surface area contributed by atoms with Gasteiger partial charge in [0.15, 0.2) is 0 Å². The number of benzene rings is 2. The lowest BCUT2D eigenvalue weighted by atomic mass is 10.1. The fourth-order valence-electron chi connectivity index (χ4n) is 2.39. The second-order valence-electron chi connectivity index (χ2n) is 6.14. The molecule has 1 aromatic heterocycles. The van der Waals surface area contributed by atoms with Crippen LogP contribution in [0.25, 0.3) is 11.4 Å². The molecular formula is C20H20N4O5S. The molecule has 0 atom stereocenters. The van der Waals surface area contributed by atoms with Gasteiger partial charge in [-0.15, -0.1) is 0 Å². The third kappa shape index (κ3) is 5.51. The smallest absolute Gasteiger partial charge is 0.286 e. The first-order valence-corrected chi connectivity index (χ1v) is 9.83. The SMILES string of the molecule is COc1cc(OC)cc(C(=O)NNC(=O)CSc2nc(-c3ccc(C)cc3)no2)c1. The summed E-state index contributed by atoms with van der Waals surface area (Å²) in [4.78, 5) is 28.5. The topological polar surface area (TPSA) is 116 Å². The van der Waals surface area contributed by atoms with E-state index in [1.165, 1.54) is 26.4 Å². The van der Waals surface area contributed by atoms with Crippen molar-refractivity contribution in [2.75, 3.05) is 20.0 Å². The van der Waals surface area contributed by atoms with E-state index in [1.807, 2.05) is 31.2 Å². The highest BCUT2D eigenvalue weighted by atomic mass is 32.2. The number of amides is 2. The first kappa shape index (κ1) is 21.2. The number of aromatic nitrogens is 2. The highest BCUT2D eigenvalue weighted by Crippen LogP contribution is 2.23. The molecule has 9 nitrogen and oxygen atoms in total. The predicted octanol–water partition coefficient (Wildman–Crippen LogP) is 2.62. The summed E-state index contributed by atoms with van der Waals surface area (Å²) in [5, 5.41) is 4.16. The van der Waals surface area contributed by atoms with Crippen LogP contribution >= 0.6 is 11.8 Å². The number of ether oxygens (including phenoxy) is 2. The highest BCUT2D eigenvalue weighted by molar-refractivity contribution is 7.99. The minimum absolute atomic E-state index is 0.0166. The lowest BCUT2D eigenvalue weighted by Crippen LogP contribution is -2.42. The van der Waals surface area contributed by atoms with Gasteiger partial charge in [-0.05, 0) is 19.1 Å². The van der Waals surface area contributed by atoms with Crippen molar-refractivity contribution < 1.29 is 23.6 Å². The summed E-state index contributed by atoms with van der Waals surface area (Å²) in [5.41, 5.74) is 6.91. The van der Waals surface area contributed by atoms with Crippen LogP contribution < -0.4 is 20.3 Å². The molecule has 0 spiro atoms. The Kier molecular flexibility index (Phi) is 6.91. The minimum Gasteiger partial charge on any atom is -0.497 e. The van der Waals surface area contributed by atoms with Gasteiger partial charge >= 0.3 is 0 Å². The minimum atomic E-state index is -0.509. The first-order chi connectivity index (χ1) is 14.5. The van der Waals surface area contributed by atoms with E-state index in [4.69, 9.17) is 14.0 Å². The molecule has 2 amide bonds. The molecule has 2 N–H and O–H groups in total. The van der Waals surface area contributed by atoms with Crippen LogP contribution in [0.5, 0.6) is 11.5 Å².